The van der Waals surface area contributed by atoms with E-state index in [1.807, 2.05) is 0 Å². The molecule has 0 saturated carbocycles. The molecule has 18 heavy (non-hydrogen) atoms. The summed E-state index contributed by atoms with van der Waals surface area (Å²) in [4.78, 5) is 17.5. The maximum absolute atomic E-state index is 11.1. The molecule has 1 atom stereocenters. The number of carboxylic acids is 1. The third kappa shape index (κ3) is 2.79. The van der Waals surface area contributed by atoms with Gasteiger partial charge >= 0.3 is 5.97 Å². The molecule has 5 heteroatoms. The quantitative estimate of drug-likeness (QED) is 0.831. The van der Waals surface area contributed by atoms with Crippen molar-refractivity contribution in [2.45, 2.75) is 25.8 Å². The normalized spacial score (nSPS) is 19.9. The van der Waals surface area contributed by atoms with Gasteiger partial charge in [-0.05, 0) is 32.0 Å². The highest BCUT2D eigenvalue weighted by molar-refractivity contribution is 5.93. The Balaban J connectivity index is 2.00. The molecule has 0 spiro atoms. The average Bonchev–Trinajstić information content (AvgIpc) is 2.84. The number of hydrogen-bond donors (Lipinski definition) is 2. The monoisotopic (exact) mass is 249 g/mol. The van der Waals surface area contributed by atoms with Gasteiger partial charge < -0.3 is 10.4 Å². The highest BCUT2D eigenvalue weighted by atomic mass is 16.4. The summed E-state index contributed by atoms with van der Waals surface area (Å²) < 4.78 is 0. The predicted octanol–water partition coefficient (Wildman–Crippen LogP) is 1.68. The van der Waals surface area contributed by atoms with Crippen molar-refractivity contribution in [1.29, 1.82) is 0 Å². The molecule has 1 aliphatic heterocycles. The Bertz CT molecular complexity index is 422. The summed E-state index contributed by atoms with van der Waals surface area (Å²) in [5.74, 6) is -0.918. The van der Waals surface area contributed by atoms with Crippen molar-refractivity contribution in [2.75, 3.05) is 25.0 Å². The van der Waals surface area contributed by atoms with Crippen LogP contribution in [0, 0.1) is 0 Å². The molecule has 0 aliphatic carbocycles. The third-order valence-electron chi connectivity index (χ3n) is 3.48. The first kappa shape index (κ1) is 12.8. The van der Waals surface area contributed by atoms with Crippen LogP contribution in [-0.4, -0.2) is 46.6 Å². The predicted molar refractivity (Wildman–Crippen MR) is 70.0 cm³/mol. The number of likely N-dealkylation sites (tertiary alicyclic amines) is 1. The Morgan fingerprint density at radius 2 is 2.50 bits per heavy atom. The zero-order valence-corrected chi connectivity index (χ0v) is 10.6. The molecule has 0 bridgehead atoms. The summed E-state index contributed by atoms with van der Waals surface area (Å²) in [7, 11) is 0. The first-order valence-corrected chi connectivity index (χ1v) is 6.37. The second-order valence-corrected chi connectivity index (χ2v) is 4.53. The lowest BCUT2D eigenvalue weighted by atomic mass is 10.2. The summed E-state index contributed by atoms with van der Waals surface area (Å²) in [6, 6.07) is 2.02. The molecule has 5 nitrogen and oxygen atoms in total. The van der Waals surface area contributed by atoms with Gasteiger partial charge in [0, 0.05) is 18.8 Å². The van der Waals surface area contributed by atoms with Gasteiger partial charge in [-0.2, -0.15) is 0 Å². The Kier molecular flexibility index (Phi) is 4.15. The summed E-state index contributed by atoms with van der Waals surface area (Å²) in [6.07, 6.45) is 5.47. The molecule has 1 aromatic rings. The molecular weight excluding hydrogens is 230 g/mol. The Hall–Kier alpha value is -1.62. The van der Waals surface area contributed by atoms with Crippen LogP contribution in [0.4, 0.5) is 5.69 Å². The lowest BCUT2D eigenvalue weighted by Crippen LogP contribution is -2.34. The van der Waals surface area contributed by atoms with Gasteiger partial charge in [0.25, 0.3) is 0 Å². The number of aromatic carboxylic acids is 1. The number of anilines is 1. The summed E-state index contributed by atoms with van der Waals surface area (Å²) in [5, 5.41) is 12.3. The number of likely N-dealkylation sites (N-methyl/N-ethyl adjacent to an activating group) is 1. The number of nitrogens with zero attached hydrogens (tertiary/aromatic N) is 2. The first-order chi connectivity index (χ1) is 8.72. The van der Waals surface area contributed by atoms with E-state index in [4.69, 9.17) is 5.11 Å². The Morgan fingerprint density at radius 1 is 1.67 bits per heavy atom. The van der Waals surface area contributed by atoms with Crippen LogP contribution in [0.15, 0.2) is 18.5 Å². The van der Waals surface area contributed by atoms with Gasteiger partial charge in [0.2, 0.25) is 0 Å². The number of carbonyl (C=O) groups is 1. The lowest BCUT2D eigenvalue weighted by Gasteiger charge is -2.23. The van der Waals surface area contributed by atoms with E-state index in [1.54, 1.807) is 6.20 Å². The topological polar surface area (TPSA) is 65.5 Å². The molecule has 0 amide bonds. The highest BCUT2D eigenvalue weighted by Crippen LogP contribution is 2.19. The van der Waals surface area contributed by atoms with Crippen LogP contribution < -0.4 is 5.32 Å². The fourth-order valence-electron chi connectivity index (χ4n) is 2.49. The molecule has 2 rings (SSSR count). The zero-order chi connectivity index (χ0) is 13.0. The van der Waals surface area contributed by atoms with E-state index in [-0.39, 0.29) is 5.56 Å². The lowest BCUT2D eigenvalue weighted by molar-refractivity contribution is 0.0697. The maximum Gasteiger partial charge on any atom is 0.337 e. The molecular formula is C13H19N3O2. The van der Waals surface area contributed by atoms with Crippen LogP contribution in [0.25, 0.3) is 0 Å². The number of nitrogens with one attached hydrogen (secondary N) is 1. The molecule has 1 aliphatic rings. The van der Waals surface area contributed by atoms with Gasteiger partial charge in [-0.3, -0.25) is 9.88 Å². The Labute approximate surface area is 107 Å². The van der Waals surface area contributed by atoms with E-state index in [1.165, 1.54) is 25.1 Å². The first-order valence-electron chi connectivity index (χ1n) is 6.37. The van der Waals surface area contributed by atoms with Gasteiger partial charge in [-0.15, -0.1) is 0 Å². The minimum atomic E-state index is -0.918. The van der Waals surface area contributed by atoms with E-state index >= 15 is 0 Å². The molecule has 1 unspecified atom stereocenters. The number of aromatic nitrogens is 1. The van der Waals surface area contributed by atoms with Crippen molar-refractivity contribution < 1.29 is 9.90 Å². The van der Waals surface area contributed by atoms with E-state index in [0.717, 1.165) is 19.6 Å². The fourth-order valence-corrected chi connectivity index (χ4v) is 2.49. The van der Waals surface area contributed by atoms with Crippen molar-refractivity contribution in [2.24, 2.45) is 0 Å². The molecule has 1 saturated heterocycles. The van der Waals surface area contributed by atoms with Crippen molar-refractivity contribution in [3.8, 4) is 0 Å². The van der Waals surface area contributed by atoms with Crippen molar-refractivity contribution >= 4 is 11.7 Å². The fraction of sp³-hybridized carbons (Fsp3) is 0.538. The maximum atomic E-state index is 11.1. The van der Waals surface area contributed by atoms with Crippen LogP contribution in [-0.2, 0) is 0 Å². The Morgan fingerprint density at radius 3 is 3.22 bits per heavy atom. The number of rotatable bonds is 5. The van der Waals surface area contributed by atoms with Gasteiger partial charge in [-0.25, -0.2) is 4.79 Å². The third-order valence-corrected chi connectivity index (χ3v) is 3.48. The van der Waals surface area contributed by atoms with Gasteiger partial charge in [-0.1, -0.05) is 6.92 Å². The van der Waals surface area contributed by atoms with Gasteiger partial charge in [0.1, 0.15) is 0 Å². The van der Waals surface area contributed by atoms with Crippen molar-refractivity contribution in [1.82, 2.24) is 9.88 Å². The van der Waals surface area contributed by atoms with Crippen LogP contribution in [0.3, 0.4) is 0 Å². The molecule has 0 aromatic carbocycles. The largest absolute Gasteiger partial charge is 0.478 e. The van der Waals surface area contributed by atoms with E-state index in [9.17, 15) is 4.79 Å². The van der Waals surface area contributed by atoms with E-state index in [2.05, 4.69) is 22.1 Å². The molecule has 1 fully saturated rings. The second kappa shape index (κ2) is 5.82. The van der Waals surface area contributed by atoms with E-state index < -0.39 is 5.97 Å². The standard InChI is InChI=1S/C13H19N3O2/c1-2-16-7-3-4-10(16)8-15-12-9-14-6-5-11(12)13(17)18/h5-6,9-10,15H,2-4,7-8H2,1H3,(H,17,18). The molecule has 1 aromatic heterocycles. The second-order valence-electron chi connectivity index (χ2n) is 4.53. The number of hydrogen-bond acceptors (Lipinski definition) is 4. The van der Waals surface area contributed by atoms with Gasteiger partial charge in [0.15, 0.2) is 0 Å². The SMILES string of the molecule is CCN1CCCC1CNc1cnccc1C(=O)O. The number of pyridine rings is 1. The van der Waals surface area contributed by atoms with Crippen molar-refractivity contribution in [3.05, 3.63) is 24.0 Å². The van der Waals surface area contributed by atoms with Crippen LogP contribution in [0.1, 0.15) is 30.1 Å². The highest BCUT2D eigenvalue weighted by Gasteiger charge is 2.23. The van der Waals surface area contributed by atoms with Gasteiger partial charge in [0.05, 0.1) is 17.4 Å². The summed E-state index contributed by atoms with van der Waals surface area (Å²) in [5.41, 5.74) is 0.888. The average molecular weight is 249 g/mol. The number of carboxylic acid groups (broad SMARTS) is 1. The van der Waals surface area contributed by atoms with Crippen LogP contribution in [0.2, 0.25) is 0 Å². The molecule has 0 radical (unpaired) electrons. The zero-order valence-electron chi connectivity index (χ0n) is 10.6. The van der Waals surface area contributed by atoms with E-state index in [0.29, 0.717) is 11.7 Å². The van der Waals surface area contributed by atoms with Crippen molar-refractivity contribution in [3.63, 3.8) is 0 Å². The molecule has 98 valence electrons. The summed E-state index contributed by atoms with van der Waals surface area (Å²) >= 11 is 0. The van der Waals surface area contributed by atoms with Crippen LogP contribution >= 0.6 is 0 Å². The molecule has 2 heterocycles. The minimum absolute atomic E-state index is 0.283. The minimum Gasteiger partial charge on any atom is -0.478 e. The smallest absolute Gasteiger partial charge is 0.337 e. The molecule has 2 N–H and O–H groups in total. The summed E-state index contributed by atoms with van der Waals surface area (Å²) in [6.45, 7) is 5.12. The van der Waals surface area contributed by atoms with Crippen LogP contribution in [0.5, 0.6) is 0 Å².